The fourth-order valence-corrected chi connectivity index (χ4v) is 3.32. The minimum atomic E-state index is -0.503. The van der Waals surface area contributed by atoms with Gasteiger partial charge in [-0.05, 0) is 52.3 Å². The molecule has 0 spiro atoms. The summed E-state index contributed by atoms with van der Waals surface area (Å²) in [5, 5.41) is 4.53. The van der Waals surface area contributed by atoms with E-state index in [1.807, 2.05) is 24.3 Å². The lowest BCUT2D eigenvalue weighted by Gasteiger charge is -2.07. The van der Waals surface area contributed by atoms with Crippen LogP contribution in [0.1, 0.15) is 23.0 Å². The lowest BCUT2D eigenvalue weighted by molar-refractivity contribution is 0.0992. The van der Waals surface area contributed by atoms with Crippen LogP contribution in [0.5, 0.6) is 0 Å². The van der Waals surface area contributed by atoms with Crippen molar-refractivity contribution in [2.45, 2.75) is 13.3 Å². The topological polar surface area (TPSA) is 73.8 Å². The van der Waals surface area contributed by atoms with Gasteiger partial charge >= 0.3 is 0 Å². The molecule has 1 amide bonds. The van der Waals surface area contributed by atoms with Gasteiger partial charge in [-0.2, -0.15) is 5.10 Å². The fraction of sp³-hybridized carbons (Fsp3) is 0.167. The number of carbonyl (C=O) groups excluding carboxylic acids is 1. The summed E-state index contributed by atoms with van der Waals surface area (Å²) >= 11 is 2.22. The summed E-state index contributed by atoms with van der Waals surface area (Å²) in [6.45, 7) is 2.11. The Bertz CT molecular complexity index is 900. The zero-order chi connectivity index (χ0) is 17.3. The molecule has 0 bridgehead atoms. The van der Waals surface area contributed by atoms with Crippen molar-refractivity contribution in [1.82, 2.24) is 14.8 Å². The highest BCUT2D eigenvalue weighted by Crippen LogP contribution is 2.35. The first-order valence-corrected chi connectivity index (χ1v) is 8.67. The Morgan fingerprint density at radius 3 is 2.50 bits per heavy atom. The molecule has 3 aromatic rings. The molecular weight excluding hydrogens is 415 g/mol. The van der Waals surface area contributed by atoms with Crippen molar-refractivity contribution in [2.75, 3.05) is 0 Å². The predicted molar refractivity (Wildman–Crippen MR) is 102 cm³/mol. The van der Waals surface area contributed by atoms with Crippen molar-refractivity contribution < 1.29 is 4.79 Å². The molecule has 0 unspecified atom stereocenters. The second-order valence-electron chi connectivity index (χ2n) is 5.44. The van der Waals surface area contributed by atoms with Crippen LogP contribution in [0.15, 0.2) is 42.6 Å². The summed E-state index contributed by atoms with van der Waals surface area (Å²) in [7, 11) is 1.73. The van der Waals surface area contributed by atoms with E-state index in [1.165, 1.54) is 10.2 Å². The predicted octanol–water partition coefficient (Wildman–Crippen LogP) is 3.42. The van der Waals surface area contributed by atoms with Gasteiger partial charge in [0.05, 0.1) is 0 Å². The molecule has 0 aliphatic heterocycles. The van der Waals surface area contributed by atoms with Gasteiger partial charge in [0.1, 0.15) is 17.1 Å². The van der Waals surface area contributed by atoms with Crippen LogP contribution in [0, 0.1) is 3.57 Å². The Kier molecular flexibility index (Phi) is 4.66. The van der Waals surface area contributed by atoms with Gasteiger partial charge in [0.2, 0.25) is 0 Å². The number of halogens is 1. The summed E-state index contributed by atoms with van der Waals surface area (Å²) in [4.78, 5) is 16.5. The standard InChI is InChI=1S/C18H17IN4O/c1-3-11-6-8-12(9-7-11)14-16(15-13(19)5-4-10-21-15)22-23(2)17(14)18(20)24/h4-10H,3H2,1-2H3,(H2,20,24). The summed E-state index contributed by atoms with van der Waals surface area (Å²) in [6, 6.07) is 12.0. The van der Waals surface area contributed by atoms with Crippen LogP contribution in [-0.4, -0.2) is 20.7 Å². The molecule has 0 aliphatic rings. The summed E-state index contributed by atoms with van der Waals surface area (Å²) in [5.74, 6) is -0.503. The number of aryl methyl sites for hydroxylation is 2. The highest BCUT2D eigenvalue weighted by atomic mass is 127. The maximum atomic E-state index is 12.0. The molecular formula is C18H17IN4O. The van der Waals surface area contributed by atoms with Gasteiger partial charge in [0, 0.05) is 22.4 Å². The summed E-state index contributed by atoms with van der Waals surface area (Å²) in [5.41, 5.74) is 10.3. The average molecular weight is 432 g/mol. The number of hydrogen-bond donors (Lipinski definition) is 1. The molecule has 0 aliphatic carbocycles. The lowest BCUT2D eigenvalue weighted by Crippen LogP contribution is -2.16. The lowest BCUT2D eigenvalue weighted by atomic mass is 9.99. The number of amides is 1. The number of nitrogens with zero attached hydrogens (tertiary/aromatic N) is 3. The maximum Gasteiger partial charge on any atom is 0.267 e. The average Bonchev–Trinajstić information content (AvgIpc) is 2.92. The van der Waals surface area contributed by atoms with Crippen molar-refractivity contribution in [3.63, 3.8) is 0 Å². The minimum absolute atomic E-state index is 0.385. The van der Waals surface area contributed by atoms with E-state index in [4.69, 9.17) is 5.73 Å². The van der Waals surface area contributed by atoms with E-state index in [2.05, 4.69) is 51.7 Å². The molecule has 5 nitrogen and oxygen atoms in total. The van der Waals surface area contributed by atoms with E-state index in [0.29, 0.717) is 11.4 Å². The monoisotopic (exact) mass is 432 g/mol. The van der Waals surface area contributed by atoms with Gasteiger partial charge < -0.3 is 5.73 Å². The van der Waals surface area contributed by atoms with Gasteiger partial charge in [-0.15, -0.1) is 0 Å². The molecule has 2 aromatic heterocycles. The van der Waals surface area contributed by atoms with E-state index >= 15 is 0 Å². The molecule has 24 heavy (non-hydrogen) atoms. The number of primary amides is 1. The molecule has 2 heterocycles. The van der Waals surface area contributed by atoms with Crippen LogP contribution in [0.3, 0.4) is 0 Å². The Balaban J connectivity index is 2.29. The molecule has 0 fully saturated rings. The number of hydrogen-bond acceptors (Lipinski definition) is 3. The van der Waals surface area contributed by atoms with E-state index in [0.717, 1.165) is 26.8 Å². The molecule has 0 saturated heterocycles. The van der Waals surface area contributed by atoms with E-state index < -0.39 is 5.91 Å². The van der Waals surface area contributed by atoms with Crippen LogP contribution < -0.4 is 5.73 Å². The Morgan fingerprint density at radius 2 is 1.92 bits per heavy atom. The number of benzene rings is 1. The number of pyridine rings is 1. The van der Waals surface area contributed by atoms with Gasteiger partial charge in [-0.3, -0.25) is 14.5 Å². The third-order valence-electron chi connectivity index (χ3n) is 3.91. The molecule has 122 valence electrons. The van der Waals surface area contributed by atoms with Crippen molar-refractivity contribution in [2.24, 2.45) is 12.8 Å². The highest BCUT2D eigenvalue weighted by Gasteiger charge is 2.24. The van der Waals surface area contributed by atoms with Crippen molar-refractivity contribution in [3.8, 4) is 22.5 Å². The molecule has 0 radical (unpaired) electrons. The third-order valence-corrected chi connectivity index (χ3v) is 4.78. The second-order valence-corrected chi connectivity index (χ2v) is 6.61. The van der Waals surface area contributed by atoms with Crippen molar-refractivity contribution in [1.29, 1.82) is 0 Å². The highest BCUT2D eigenvalue weighted by molar-refractivity contribution is 14.1. The van der Waals surface area contributed by atoms with Gasteiger partial charge in [-0.25, -0.2) is 0 Å². The summed E-state index contributed by atoms with van der Waals surface area (Å²) < 4.78 is 2.50. The van der Waals surface area contributed by atoms with Gasteiger partial charge in [-0.1, -0.05) is 31.2 Å². The van der Waals surface area contributed by atoms with Crippen LogP contribution in [0.2, 0.25) is 0 Å². The first kappa shape index (κ1) is 16.6. The molecule has 3 rings (SSSR count). The second kappa shape index (κ2) is 6.72. The minimum Gasteiger partial charge on any atom is -0.364 e. The first-order valence-electron chi connectivity index (χ1n) is 7.60. The van der Waals surface area contributed by atoms with Gasteiger partial charge in [0.25, 0.3) is 5.91 Å². The first-order chi connectivity index (χ1) is 11.5. The van der Waals surface area contributed by atoms with Crippen molar-refractivity contribution in [3.05, 3.63) is 57.4 Å². The SMILES string of the molecule is CCc1ccc(-c2c(-c3ncccc3I)nn(C)c2C(N)=O)cc1. The molecule has 0 saturated carbocycles. The van der Waals surface area contributed by atoms with Crippen LogP contribution in [-0.2, 0) is 13.5 Å². The normalized spacial score (nSPS) is 10.8. The Hall–Kier alpha value is -2.22. The maximum absolute atomic E-state index is 12.0. The smallest absolute Gasteiger partial charge is 0.267 e. The van der Waals surface area contributed by atoms with Crippen LogP contribution in [0.4, 0.5) is 0 Å². The number of rotatable bonds is 4. The van der Waals surface area contributed by atoms with E-state index in [-0.39, 0.29) is 0 Å². The quantitative estimate of drug-likeness (QED) is 0.643. The number of aromatic nitrogens is 3. The van der Waals surface area contributed by atoms with Crippen molar-refractivity contribution >= 4 is 28.5 Å². The molecule has 1 aromatic carbocycles. The third kappa shape index (κ3) is 2.93. The van der Waals surface area contributed by atoms with E-state index in [1.54, 1.807) is 13.2 Å². The number of nitrogens with two attached hydrogens (primary N) is 1. The van der Waals surface area contributed by atoms with Crippen LogP contribution in [0.25, 0.3) is 22.5 Å². The largest absolute Gasteiger partial charge is 0.364 e. The van der Waals surface area contributed by atoms with Gasteiger partial charge in [0.15, 0.2) is 0 Å². The summed E-state index contributed by atoms with van der Waals surface area (Å²) in [6.07, 6.45) is 2.68. The zero-order valence-electron chi connectivity index (χ0n) is 13.5. The number of carbonyl (C=O) groups is 1. The van der Waals surface area contributed by atoms with E-state index in [9.17, 15) is 4.79 Å². The molecule has 0 atom stereocenters. The Labute approximate surface area is 154 Å². The molecule has 6 heteroatoms. The molecule has 2 N–H and O–H groups in total. The zero-order valence-corrected chi connectivity index (χ0v) is 15.6. The van der Waals surface area contributed by atoms with Crippen LogP contribution >= 0.6 is 22.6 Å². The Morgan fingerprint density at radius 1 is 1.21 bits per heavy atom. The fourth-order valence-electron chi connectivity index (χ4n) is 2.71.